The largest absolute Gasteiger partial charge is 0.479 e. The first-order valence-electron chi connectivity index (χ1n) is 6.36. The predicted octanol–water partition coefficient (Wildman–Crippen LogP) is 2.48. The summed E-state index contributed by atoms with van der Waals surface area (Å²) < 4.78 is 0. The van der Waals surface area contributed by atoms with E-state index in [-0.39, 0.29) is 5.92 Å². The zero-order valence-corrected chi connectivity index (χ0v) is 12.3. The van der Waals surface area contributed by atoms with Gasteiger partial charge < -0.3 is 15.3 Å². The van der Waals surface area contributed by atoms with Gasteiger partial charge in [-0.25, -0.2) is 9.59 Å². The normalized spacial score (nSPS) is 11.5. The first kappa shape index (κ1) is 18.1. The molecule has 0 saturated heterocycles. The molecule has 0 radical (unpaired) electrons. The van der Waals surface area contributed by atoms with Crippen LogP contribution in [-0.2, 0) is 4.79 Å². The van der Waals surface area contributed by atoms with E-state index in [9.17, 15) is 9.59 Å². The van der Waals surface area contributed by atoms with Gasteiger partial charge in [-0.05, 0) is 38.3 Å². The minimum atomic E-state index is -1.19. The highest BCUT2D eigenvalue weighted by Gasteiger charge is 2.13. The Balaban J connectivity index is 0.000000370. The molecule has 5 nitrogen and oxygen atoms in total. The van der Waals surface area contributed by atoms with E-state index in [1.54, 1.807) is 12.1 Å². The van der Waals surface area contributed by atoms with Crippen LogP contribution in [0.2, 0.25) is 0 Å². The molecule has 3 N–H and O–H groups in total. The van der Waals surface area contributed by atoms with Crippen molar-refractivity contribution in [1.82, 2.24) is 0 Å². The topological polar surface area (TPSA) is 94.8 Å². The minimum Gasteiger partial charge on any atom is -0.479 e. The quantitative estimate of drug-likeness (QED) is 0.788. The Morgan fingerprint density at radius 3 is 1.75 bits per heavy atom. The molecule has 0 aliphatic rings. The number of benzene rings is 1. The van der Waals surface area contributed by atoms with Gasteiger partial charge in [0.25, 0.3) is 0 Å². The lowest BCUT2D eigenvalue weighted by Gasteiger charge is -2.06. The maximum absolute atomic E-state index is 10.5. The molecule has 0 saturated carbocycles. The Hall–Kier alpha value is -1.88. The lowest BCUT2D eigenvalue weighted by atomic mass is 10.1. The fourth-order valence-corrected chi connectivity index (χ4v) is 1.65. The Kier molecular flexibility index (Phi) is 7.54. The van der Waals surface area contributed by atoms with Crippen LogP contribution < -0.4 is 0 Å². The number of carbonyl (C=O) groups is 2. The van der Waals surface area contributed by atoms with Gasteiger partial charge >= 0.3 is 11.9 Å². The van der Waals surface area contributed by atoms with Crippen molar-refractivity contribution in [1.29, 1.82) is 0 Å². The van der Waals surface area contributed by atoms with Crippen LogP contribution in [0.3, 0.4) is 0 Å². The van der Waals surface area contributed by atoms with Gasteiger partial charge in [-0.1, -0.05) is 31.0 Å². The van der Waals surface area contributed by atoms with Crippen molar-refractivity contribution in [2.24, 2.45) is 5.92 Å². The number of aliphatic carboxylic acids is 1. The highest BCUT2D eigenvalue weighted by molar-refractivity contribution is 5.88. The van der Waals surface area contributed by atoms with E-state index < -0.39 is 18.0 Å². The van der Waals surface area contributed by atoms with E-state index in [2.05, 4.69) is 0 Å². The van der Waals surface area contributed by atoms with Crippen molar-refractivity contribution in [3.63, 3.8) is 0 Å². The molecular formula is C15H22O5. The molecule has 0 aliphatic heterocycles. The van der Waals surface area contributed by atoms with Crippen molar-refractivity contribution in [2.45, 2.75) is 40.2 Å². The third kappa shape index (κ3) is 7.53. The van der Waals surface area contributed by atoms with E-state index in [1.807, 2.05) is 33.8 Å². The maximum Gasteiger partial charge on any atom is 0.335 e. The Labute approximate surface area is 118 Å². The van der Waals surface area contributed by atoms with Gasteiger partial charge in [0.15, 0.2) is 6.10 Å². The molecule has 0 aliphatic carbocycles. The number of hydrogen-bond acceptors (Lipinski definition) is 3. The standard InChI is InChI=1S/C9H10O2.C6H12O3/c1-6-3-7(2)5-8(4-6)9(10)11;1-4(2)3-5(7)6(8)9/h3-5H,1-2H3,(H,10,11);4-5,7H,3H2,1-2H3,(H,8,9). The number of aryl methyl sites for hydroxylation is 2. The fraction of sp³-hybridized carbons (Fsp3) is 0.467. The lowest BCUT2D eigenvalue weighted by Crippen LogP contribution is -2.21. The Bertz CT molecular complexity index is 445. The summed E-state index contributed by atoms with van der Waals surface area (Å²) in [6, 6.07) is 5.27. The van der Waals surface area contributed by atoms with Crippen LogP contribution in [0, 0.1) is 19.8 Å². The van der Waals surface area contributed by atoms with Gasteiger partial charge in [-0.15, -0.1) is 0 Å². The Morgan fingerprint density at radius 2 is 1.50 bits per heavy atom. The van der Waals surface area contributed by atoms with E-state index in [0.29, 0.717) is 12.0 Å². The third-order valence-electron chi connectivity index (χ3n) is 2.45. The summed E-state index contributed by atoms with van der Waals surface area (Å²) in [6.07, 6.45) is -0.861. The molecule has 1 aromatic carbocycles. The van der Waals surface area contributed by atoms with E-state index in [1.165, 1.54) is 0 Å². The SMILES string of the molecule is CC(C)CC(O)C(=O)O.Cc1cc(C)cc(C(=O)O)c1. The van der Waals surface area contributed by atoms with Crippen LogP contribution >= 0.6 is 0 Å². The first-order valence-corrected chi connectivity index (χ1v) is 6.36. The molecular weight excluding hydrogens is 260 g/mol. The van der Waals surface area contributed by atoms with Gasteiger partial charge in [-0.2, -0.15) is 0 Å². The molecule has 0 heterocycles. The molecule has 1 rings (SSSR count). The molecule has 0 aromatic heterocycles. The molecule has 0 spiro atoms. The second-order valence-electron chi connectivity index (χ2n) is 5.17. The third-order valence-corrected chi connectivity index (χ3v) is 2.45. The van der Waals surface area contributed by atoms with Crippen molar-refractivity contribution < 1.29 is 24.9 Å². The molecule has 1 aromatic rings. The number of hydrogen-bond donors (Lipinski definition) is 3. The molecule has 20 heavy (non-hydrogen) atoms. The number of aliphatic hydroxyl groups is 1. The van der Waals surface area contributed by atoms with Crippen molar-refractivity contribution in [2.75, 3.05) is 0 Å². The summed E-state index contributed by atoms with van der Waals surface area (Å²) in [5.41, 5.74) is 2.34. The molecule has 0 bridgehead atoms. The molecule has 1 unspecified atom stereocenters. The van der Waals surface area contributed by atoms with Crippen LogP contribution in [0.1, 0.15) is 41.8 Å². The van der Waals surface area contributed by atoms with Crippen LogP contribution in [0.25, 0.3) is 0 Å². The fourth-order valence-electron chi connectivity index (χ4n) is 1.65. The summed E-state index contributed by atoms with van der Waals surface area (Å²) in [6.45, 7) is 7.51. The highest BCUT2D eigenvalue weighted by Crippen LogP contribution is 2.08. The van der Waals surface area contributed by atoms with Gasteiger partial charge in [0.1, 0.15) is 0 Å². The second kappa shape index (κ2) is 8.32. The summed E-state index contributed by atoms with van der Waals surface area (Å²) in [5.74, 6) is -1.77. The Morgan fingerprint density at radius 1 is 1.05 bits per heavy atom. The van der Waals surface area contributed by atoms with Gasteiger partial charge in [-0.3, -0.25) is 0 Å². The van der Waals surface area contributed by atoms with Crippen molar-refractivity contribution in [3.8, 4) is 0 Å². The van der Waals surface area contributed by atoms with Crippen LogP contribution in [0.4, 0.5) is 0 Å². The lowest BCUT2D eigenvalue weighted by molar-refractivity contribution is -0.147. The summed E-state index contributed by atoms with van der Waals surface area (Å²) in [4.78, 5) is 20.5. The highest BCUT2D eigenvalue weighted by atomic mass is 16.4. The van der Waals surface area contributed by atoms with E-state index in [0.717, 1.165) is 11.1 Å². The zero-order chi connectivity index (χ0) is 15.9. The number of aromatic carboxylic acids is 1. The smallest absolute Gasteiger partial charge is 0.335 e. The van der Waals surface area contributed by atoms with E-state index in [4.69, 9.17) is 15.3 Å². The molecule has 0 amide bonds. The van der Waals surface area contributed by atoms with Gasteiger partial charge in [0.2, 0.25) is 0 Å². The zero-order valence-electron chi connectivity index (χ0n) is 12.3. The second-order valence-corrected chi connectivity index (χ2v) is 5.17. The number of carboxylic acid groups (broad SMARTS) is 2. The van der Waals surface area contributed by atoms with Crippen LogP contribution in [0.15, 0.2) is 18.2 Å². The molecule has 0 fully saturated rings. The monoisotopic (exact) mass is 282 g/mol. The minimum absolute atomic E-state index is 0.232. The number of rotatable bonds is 4. The van der Waals surface area contributed by atoms with Crippen molar-refractivity contribution in [3.05, 3.63) is 34.9 Å². The molecule has 112 valence electrons. The number of aliphatic hydroxyl groups excluding tert-OH is 1. The van der Waals surface area contributed by atoms with E-state index >= 15 is 0 Å². The average Bonchev–Trinajstić information content (AvgIpc) is 2.27. The first-order chi connectivity index (χ1) is 9.13. The molecule has 1 atom stereocenters. The van der Waals surface area contributed by atoms with Gasteiger partial charge in [0.05, 0.1) is 5.56 Å². The van der Waals surface area contributed by atoms with Crippen LogP contribution in [0.5, 0.6) is 0 Å². The van der Waals surface area contributed by atoms with Gasteiger partial charge in [0, 0.05) is 0 Å². The summed E-state index contributed by atoms with van der Waals surface area (Å²) in [7, 11) is 0. The molecule has 5 heteroatoms. The summed E-state index contributed by atoms with van der Waals surface area (Å²) in [5, 5.41) is 25.5. The van der Waals surface area contributed by atoms with Crippen molar-refractivity contribution >= 4 is 11.9 Å². The summed E-state index contributed by atoms with van der Waals surface area (Å²) >= 11 is 0. The maximum atomic E-state index is 10.5. The number of carboxylic acids is 2. The predicted molar refractivity (Wildman–Crippen MR) is 76.0 cm³/mol. The average molecular weight is 282 g/mol. The van der Waals surface area contributed by atoms with Crippen LogP contribution in [-0.4, -0.2) is 33.4 Å².